The summed E-state index contributed by atoms with van der Waals surface area (Å²) in [6.07, 6.45) is 4.69. The second kappa shape index (κ2) is 7.07. The second-order valence-electron chi connectivity index (χ2n) is 7.24. The third kappa shape index (κ3) is 3.10. The molecule has 3 atom stereocenters. The smallest absolute Gasteiger partial charge is 0.148 e. The molecular weight excluding hydrogens is 329 g/mol. The van der Waals surface area contributed by atoms with Crippen LogP contribution in [0, 0.1) is 0 Å². The molecule has 2 fully saturated rings. The lowest BCUT2D eigenvalue weighted by molar-refractivity contribution is -0.170. The van der Waals surface area contributed by atoms with E-state index in [1.165, 1.54) is 19.3 Å². The molecule has 0 bridgehead atoms. The van der Waals surface area contributed by atoms with Gasteiger partial charge in [-0.1, -0.05) is 74.0 Å². The Morgan fingerprint density at radius 3 is 2.16 bits per heavy atom. The van der Waals surface area contributed by atoms with Gasteiger partial charge in [0, 0.05) is 28.9 Å². The van der Waals surface area contributed by atoms with Crippen molar-refractivity contribution in [2.24, 2.45) is 0 Å². The first-order valence-corrected chi connectivity index (χ1v) is 11.1. The first-order valence-electron chi connectivity index (χ1n) is 9.34. The number of hydroxylamine groups is 2. The number of hydrogen-bond donors (Lipinski definition) is 0. The SMILES string of the molecule is CC(C1CC2CCCCN2O1)P(=O)(c1ccccc1)c1ccccc1. The minimum Gasteiger partial charge on any atom is -0.313 e. The van der Waals surface area contributed by atoms with Gasteiger partial charge < -0.3 is 4.57 Å². The van der Waals surface area contributed by atoms with Gasteiger partial charge in [0.25, 0.3) is 0 Å². The monoisotopic (exact) mass is 355 g/mol. The molecule has 0 aromatic heterocycles. The van der Waals surface area contributed by atoms with Crippen molar-refractivity contribution in [3.05, 3.63) is 60.7 Å². The van der Waals surface area contributed by atoms with Crippen LogP contribution in [0.5, 0.6) is 0 Å². The molecule has 2 saturated heterocycles. The zero-order chi connectivity index (χ0) is 17.3. The average molecular weight is 355 g/mol. The average Bonchev–Trinajstić information content (AvgIpc) is 3.12. The zero-order valence-electron chi connectivity index (χ0n) is 14.8. The van der Waals surface area contributed by atoms with E-state index in [0.29, 0.717) is 6.04 Å². The van der Waals surface area contributed by atoms with Crippen molar-refractivity contribution in [2.45, 2.75) is 50.4 Å². The Labute approximate surface area is 150 Å². The Kier molecular flexibility index (Phi) is 4.82. The topological polar surface area (TPSA) is 29.5 Å². The van der Waals surface area contributed by atoms with Crippen LogP contribution >= 0.6 is 7.14 Å². The molecule has 2 aromatic rings. The molecule has 0 N–H and O–H groups in total. The normalized spacial score (nSPS) is 25.5. The van der Waals surface area contributed by atoms with Crippen LogP contribution in [0.4, 0.5) is 0 Å². The number of hydrogen-bond acceptors (Lipinski definition) is 3. The van der Waals surface area contributed by atoms with Gasteiger partial charge in [0.05, 0.1) is 6.10 Å². The van der Waals surface area contributed by atoms with Gasteiger partial charge in [0.15, 0.2) is 0 Å². The fraction of sp³-hybridized carbons (Fsp3) is 0.429. The van der Waals surface area contributed by atoms with Crippen LogP contribution in [0.25, 0.3) is 0 Å². The molecule has 3 unspecified atom stereocenters. The fourth-order valence-corrected chi connectivity index (χ4v) is 7.38. The fourth-order valence-electron chi connectivity index (χ4n) is 4.27. The maximum Gasteiger partial charge on any atom is 0.148 e. The van der Waals surface area contributed by atoms with E-state index in [9.17, 15) is 4.57 Å². The lowest BCUT2D eigenvalue weighted by Crippen LogP contribution is -2.34. The predicted molar refractivity (Wildman–Crippen MR) is 103 cm³/mol. The van der Waals surface area contributed by atoms with E-state index in [1.54, 1.807) is 0 Å². The first kappa shape index (κ1) is 17.0. The number of rotatable bonds is 4. The Bertz CT molecular complexity index is 692. The van der Waals surface area contributed by atoms with Gasteiger partial charge >= 0.3 is 0 Å². The molecule has 4 heteroatoms. The van der Waals surface area contributed by atoms with E-state index in [0.717, 1.165) is 23.6 Å². The Balaban J connectivity index is 1.70. The van der Waals surface area contributed by atoms with Crippen LogP contribution in [0.2, 0.25) is 0 Å². The molecule has 25 heavy (non-hydrogen) atoms. The van der Waals surface area contributed by atoms with E-state index < -0.39 is 7.14 Å². The summed E-state index contributed by atoms with van der Waals surface area (Å²) in [5.41, 5.74) is -0.0390. The molecule has 2 aliphatic heterocycles. The van der Waals surface area contributed by atoms with E-state index in [2.05, 4.69) is 12.0 Å². The highest BCUT2D eigenvalue weighted by Crippen LogP contribution is 2.52. The van der Waals surface area contributed by atoms with Crippen molar-refractivity contribution in [3.8, 4) is 0 Å². The van der Waals surface area contributed by atoms with Crippen molar-refractivity contribution in [1.29, 1.82) is 0 Å². The van der Waals surface area contributed by atoms with E-state index in [4.69, 9.17) is 4.84 Å². The predicted octanol–water partition coefficient (Wildman–Crippen LogP) is 3.95. The van der Waals surface area contributed by atoms with Crippen LogP contribution in [0.15, 0.2) is 60.7 Å². The molecule has 132 valence electrons. The summed E-state index contributed by atoms with van der Waals surface area (Å²) in [6, 6.07) is 20.4. The zero-order valence-corrected chi connectivity index (χ0v) is 15.6. The standard InChI is InChI=1S/C21H26NO2P/c1-17(21-16-18-10-8-9-15-22(18)24-21)25(23,19-11-4-2-5-12-19)20-13-6-3-7-14-20/h2-7,11-14,17-18,21H,8-10,15-16H2,1H3. The highest BCUT2D eigenvalue weighted by atomic mass is 31.2. The summed E-state index contributed by atoms with van der Waals surface area (Å²) in [7, 11) is -2.77. The highest BCUT2D eigenvalue weighted by Gasteiger charge is 2.45. The minimum absolute atomic E-state index is 0.0225. The molecule has 0 spiro atoms. The van der Waals surface area contributed by atoms with E-state index >= 15 is 0 Å². The van der Waals surface area contributed by atoms with Gasteiger partial charge in [0.2, 0.25) is 0 Å². The van der Waals surface area contributed by atoms with Gasteiger partial charge in [-0.25, -0.2) is 0 Å². The van der Waals surface area contributed by atoms with E-state index in [1.807, 2.05) is 60.7 Å². The van der Waals surface area contributed by atoms with Gasteiger partial charge in [0.1, 0.15) is 7.14 Å². The third-order valence-electron chi connectivity index (χ3n) is 5.74. The summed E-state index contributed by atoms with van der Waals surface area (Å²) in [5, 5.41) is 4.02. The van der Waals surface area contributed by atoms with Crippen molar-refractivity contribution in [2.75, 3.05) is 6.54 Å². The number of nitrogens with zero attached hydrogens (tertiary/aromatic N) is 1. The molecule has 0 amide bonds. The van der Waals surface area contributed by atoms with Crippen LogP contribution in [-0.2, 0) is 9.40 Å². The maximum atomic E-state index is 14.4. The first-order chi connectivity index (χ1) is 12.2. The molecule has 2 aliphatic rings. The van der Waals surface area contributed by atoms with Gasteiger partial charge in [-0.2, -0.15) is 5.06 Å². The Morgan fingerprint density at radius 1 is 1.00 bits per heavy atom. The minimum atomic E-state index is -2.77. The summed E-state index contributed by atoms with van der Waals surface area (Å²) in [4.78, 5) is 6.28. The van der Waals surface area contributed by atoms with Crippen LogP contribution in [-0.4, -0.2) is 29.4 Å². The maximum absolute atomic E-state index is 14.4. The summed E-state index contributed by atoms with van der Waals surface area (Å²) >= 11 is 0. The van der Waals surface area contributed by atoms with E-state index in [-0.39, 0.29) is 11.8 Å². The molecule has 3 nitrogen and oxygen atoms in total. The molecular formula is C21H26NO2P. The van der Waals surface area contributed by atoms with Crippen molar-refractivity contribution >= 4 is 17.8 Å². The van der Waals surface area contributed by atoms with Gasteiger partial charge in [-0.05, 0) is 19.3 Å². The lowest BCUT2D eigenvalue weighted by atomic mass is 10.00. The van der Waals surface area contributed by atoms with Crippen molar-refractivity contribution in [1.82, 2.24) is 5.06 Å². The Hall–Kier alpha value is -1.41. The van der Waals surface area contributed by atoms with Crippen LogP contribution in [0.3, 0.4) is 0 Å². The quantitative estimate of drug-likeness (QED) is 0.778. The molecule has 0 saturated carbocycles. The summed E-state index contributed by atoms with van der Waals surface area (Å²) in [5.74, 6) is 0. The molecule has 0 aliphatic carbocycles. The number of fused-ring (bicyclic) bond motifs is 1. The van der Waals surface area contributed by atoms with Gasteiger partial charge in [-0.3, -0.25) is 4.84 Å². The lowest BCUT2D eigenvalue weighted by Gasteiger charge is -2.30. The van der Waals surface area contributed by atoms with Crippen LogP contribution in [0.1, 0.15) is 32.6 Å². The molecule has 2 aromatic carbocycles. The summed E-state index contributed by atoms with van der Waals surface area (Å²) in [6.45, 7) is 3.12. The van der Waals surface area contributed by atoms with Crippen LogP contribution < -0.4 is 10.6 Å². The molecule has 4 rings (SSSR count). The van der Waals surface area contributed by atoms with Crippen molar-refractivity contribution < 1.29 is 9.40 Å². The number of benzene rings is 2. The summed E-state index contributed by atoms with van der Waals surface area (Å²) < 4.78 is 14.4. The second-order valence-corrected chi connectivity index (χ2v) is 10.4. The molecule has 2 heterocycles. The van der Waals surface area contributed by atoms with Crippen molar-refractivity contribution in [3.63, 3.8) is 0 Å². The largest absolute Gasteiger partial charge is 0.313 e. The molecule has 0 radical (unpaired) electrons. The Morgan fingerprint density at radius 2 is 1.60 bits per heavy atom. The number of piperidine rings is 1. The third-order valence-corrected chi connectivity index (χ3v) is 9.35. The van der Waals surface area contributed by atoms with Gasteiger partial charge in [-0.15, -0.1) is 0 Å². The highest BCUT2D eigenvalue weighted by molar-refractivity contribution is 7.79.